The molecule has 0 aromatic heterocycles. The first-order valence-electron chi connectivity index (χ1n) is 7.80. The third kappa shape index (κ3) is 5.86. The number of rotatable bonds is 7. The second-order valence-corrected chi connectivity index (χ2v) is 5.38. The first kappa shape index (κ1) is 19.5. The van der Waals surface area contributed by atoms with Gasteiger partial charge in [-0.25, -0.2) is 4.79 Å². The predicted octanol–water partition coefficient (Wildman–Crippen LogP) is 2.90. The first-order valence-corrected chi connectivity index (χ1v) is 7.80. The highest BCUT2D eigenvalue weighted by molar-refractivity contribution is 6.38. The van der Waals surface area contributed by atoms with Crippen molar-refractivity contribution in [3.63, 3.8) is 0 Å². The molecule has 0 heterocycles. The van der Waals surface area contributed by atoms with Crippen LogP contribution in [0.4, 0.5) is 5.69 Å². The van der Waals surface area contributed by atoms with Crippen molar-refractivity contribution in [1.82, 2.24) is 0 Å². The molecule has 0 aliphatic carbocycles. The van der Waals surface area contributed by atoms with E-state index in [4.69, 9.17) is 9.84 Å². The van der Waals surface area contributed by atoms with Gasteiger partial charge in [-0.1, -0.05) is 24.3 Å². The Morgan fingerprint density at radius 2 is 1.74 bits per heavy atom. The van der Waals surface area contributed by atoms with Crippen LogP contribution in [0.25, 0.3) is 11.8 Å². The number of amides is 1. The number of carboxylic acid groups (broad SMARTS) is 1. The van der Waals surface area contributed by atoms with E-state index in [0.717, 1.165) is 5.56 Å². The monoisotopic (exact) mass is 367 g/mol. The second kappa shape index (κ2) is 9.00. The molecule has 7 heteroatoms. The van der Waals surface area contributed by atoms with E-state index in [1.165, 1.54) is 18.2 Å². The number of ether oxygens (including phenoxy) is 1. The standard InChI is InChI=1S/C20H17NO6/c1-27-16-8-5-13(6-9-16)7-10-19(24)21-15-4-2-3-14(11-15)17(22)12-18(23)20(25)26/h2-12,22H,1H3,(H,21,24)(H,25,26)/b10-7+,17-12?. The zero-order chi connectivity index (χ0) is 19.8. The van der Waals surface area contributed by atoms with Crippen LogP contribution in [0.2, 0.25) is 0 Å². The number of aliphatic hydroxyl groups excluding tert-OH is 1. The predicted molar refractivity (Wildman–Crippen MR) is 100 cm³/mol. The van der Waals surface area contributed by atoms with Crippen LogP contribution in [0.1, 0.15) is 11.1 Å². The number of aliphatic hydroxyl groups is 1. The topological polar surface area (TPSA) is 113 Å². The highest BCUT2D eigenvalue weighted by Gasteiger charge is 2.11. The van der Waals surface area contributed by atoms with Crippen molar-refractivity contribution >= 4 is 35.2 Å². The summed E-state index contributed by atoms with van der Waals surface area (Å²) < 4.78 is 5.06. The van der Waals surface area contributed by atoms with Gasteiger partial charge >= 0.3 is 5.97 Å². The summed E-state index contributed by atoms with van der Waals surface area (Å²) in [6, 6.07) is 13.2. The van der Waals surface area contributed by atoms with Gasteiger partial charge in [-0.05, 0) is 35.9 Å². The fourth-order valence-electron chi connectivity index (χ4n) is 2.10. The molecule has 0 unspecified atom stereocenters. The number of benzene rings is 2. The lowest BCUT2D eigenvalue weighted by Gasteiger charge is -2.05. The van der Waals surface area contributed by atoms with Crippen LogP contribution in [0, 0.1) is 0 Å². The van der Waals surface area contributed by atoms with E-state index in [9.17, 15) is 19.5 Å². The minimum absolute atomic E-state index is 0.196. The van der Waals surface area contributed by atoms with Gasteiger partial charge in [0.15, 0.2) is 0 Å². The summed E-state index contributed by atoms with van der Waals surface area (Å²) in [6.45, 7) is 0. The number of nitrogens with one attached hydrogen (secondary N) is 1. The third-order valence-corrected chi connectivity index (χ3v) is 3.45. The molecule has 2 aromatic carbocycles. The maximum absolute atomic E-state index is 12.0. The Kier molecular flexibility index (Phi) is 6.49. The van der Waals surface area contributed by atoms with Gasteiger partial charge in [0.2, 0.25) is 5.91 Å². The van der Waals surface area contributed by atoms with E-state index in [1.54, 1.807) is 49.6 Å². The zero-order valence-corrected chi connectivity index (χ0v) is 14.4. The average Bonchev–Trinajstić information content (AvgIpc) is 2.66. The van der Waals surface area contributed by atoms with Crippen LogP contribution < -0.4 is 10.1 Å². The molecule has 0 fully saturated rings. The molecule has 0 aliphatic rings. The van der Waals surface area contributed by atoms with E-state index in [2.05, 4.69) is 5.32 Å². The van der Waals surface area contributed by atoms with Crippen LogP contribution in [-0.4, -0.2) is 35.0 Å². The van der Waals surface area contributed by atoms with Gasteiger partial charge in [-0.15, -0.1) is 0 Å². The molecule has 2 rings (SSSR count). The quantitative estimate of drug-likeness (QED) is 0.394. The van der Waals surface area contributed by atoms with E-state index in [-0.39, 0.29) is 5.56 Å². The second-order valence-electron chi connectivity index (χ2n) is 5.38. The molecular weight excluding hydrogens is 350 g/mol. The van der Waals surface area contributed by atoms with Crippen molar-refractivity contribution in [1.29, 1.82) is 0 Å². The van der Waals surface area contributed by atoms with Crippen molar-refractivity contribution in [2.24, 2.45) is 0 Å². The van der Waals surface area contributed by atoms with Crippen molar-refractivity contribution in [3.05, 3.63) is 71.8 Å². The number of carboxylic acids is 1. The largest absolute Gasteiger partial charge is 0.507 e. The highest BCUT2D eigenvalue weighted by atomic mass is 16.5. The minimum Gasteiger partial charge on any atom is -0.507 e. The van der Waals surface area contributed by atoms with Crippen molar-refractivity contribution in [3.8, 4) is 5.75 Å². The maximum Gasteiger partial charge on any atom is 0.376 e. The lowest BCUT2D eigenvalue weighted by Crippen LogP contribution is -2.10. The Balaban J connectivity index is 2.06. The van der Waals surface area contributed by atoms with Gasteiger partial charge in [-0.3, -0.25) is 9.59 Å². The van der Waals surface area contributed by atoms with Crippen molar-refractivity contribution in [2.45, 2.75) is 0 Å². The summed E-state index contributed by atoms with van der Waals surface area (Å²) >= 11 is 0. The normalized spacial score (nSPS) is 11.2. The van der Waals surface area contributed by atoms with Crippen LogP contribution in [0.5, 0.6) is 5.75 Å². The number of anilines is 1. The van der Waals surface area contributed by atoms with E-state index in [0.29, 0.717) is 17.5 Å². The summed E-state index contributed by atoms with van der Waals surface area (Å²) in [5, 5.41) is 21.0. The molecule has 2 aromatic rings. The molecule has 7 nitrogen and oxygen atoms in total. The molecule has 0 aliphatic heterocycles. The van der Waals surface area contributed by atoms with Gasteiger partial charge in [0.05, 0.1) is 7.11 Å². The Morgan fingerprint density at radius 3 is 2.37 bits per heavy atom. The van der Waals surface area contributed by atoms with E-state index in [1.807, 2.05) is 0 Å². The molecule has 0 atom stereocenters. The molecule has 3 N–H and O–H groups in total. The Bertz CT molecular complexity index is 912. The smallest absolute Gasteiger partial charge is 0.376 e. The highest BCUT2D eigenvalue weighted by Crippen LogP contribution is 2.17. The summed E-state index contributed by atoms with van der Waals surface area (Å²) in [5.41, 5.74) is 1.38. The average molecular weight is 367 g/mol. The molecular formula is C20H17NO6. The molecule has 1 amide bonds. The Hall–Kier alpha value is -3.87. The molecule has 0 bridgehead atoms. The fraction of sp³-hybridized carbons (Fsp3) is 0.0500. The number of carbonyl (C=O) groups excluding carboxylic acids is 2. The summed E-state index contributed by atoms with van der Waals surface area (Å²) in [6.07, 6.45) is 3.58. The molecule has 0 saturated carbocycles. The van der Waals surface area contributed by atoms with Crippen LogP contribution >= 0.6 is 0 Å². The number of carbonyl (C=O) groups is 3. The lowest BCUT2D eigenvalue weighted by atomic mass is 10.1. The fourth-order valence-corrected chi connectivity index (χ4v) is 2.10. The SMILES string of the molecule is COc1ccc(/C=C/C(=O)Nc2cccc(C(O)=CC(=O)C(=O)O)c2)cc1. The lowest BCUT2D eigenvalue weighted by molar-refractivity contribution is -0.146. The van der Waals surface area contributed by atoms with Gasteiger partial charge < -0.3 is 20.3 Å². The van der Waals surface area contributed by atoms with Crippen molar-refractivity contribution in [2.75, 3.05) is 12.4 Å². The van der Waals surface area contributed by atoms with Gasteiger partial charge in [0.25, 0.3) is 5.78 Å². The summed E-state index contributed by atoms with van der Waals surface area (Å²) in [4.78, 5) is 33.7. The summed E-state index contributed by atoms with van der Waals surface area (Å²) in [5.74, 6) is -3.11. The van der Waals surface area contributed by atoms with Crippen molar-refractivity contribution < 1.29 is 29.3 Å². The van der Waals surface area contributed by atoms with Gasteiger partial charge in [0, 0.05) is 23.4 Å². The Labute approximate surface area is 155 Å². The molecule has 138 valence electrons. The molecule has 0 spiro atoms. The molecule has 27 heavy (non-hydrogen) atoms. The van der Waals surface area contributed by atoms with E-state index < -0.39 is 23.4 Å². The number of ketones is 1. The number of aliphatic carboxylic acids is 1. The third-order valence-electron chi connectivity index (χ3n) is 3.45. The van der Waals surface area contributed by atoms with Gasteiger partial charge in [-0.2, -0.15) is 0 Å². The Morgan fingerprint density at radius 1 is 1.04 bits per heavy atom. The van der Waals surface area contributed by atoms with Gasteiger partial charge in [0.1, 0.15) is 11.5 Å². The van der Waals surface area contributed by atoms with Crippen LogP contribution in [0.15, 0.2) is 60.7 Å². The van der Waals surface area contributed by atoms with E-state index >= 15 is 0 Å². The zero-order valence-electron chi connectivity index (χ0n) is 14.4. The van der Waals surface area contributed by atoms with Crippen LogP contribution in [-0.2, 0) is 14.4 Å². The van der Waals surface area contributed by atoms with Crippen LogP contribution in [0.3, 0.4) is 0 Å². The maximum atomic E-state index is 12.0. The molecule has 0 radical (unpaired) electrons. The molecule has 0 saturated heterocycles. The number of hydrogen-bond acceptors (Lipinski definition) is 5. The first-order chi connectivity index (χ1) is 12.9. The minimum atomic E-state index is -1.67. The number of hydrogen-bond donors (Lipinski definition) is 3. The number of methoxy groups -OCH3 is 1. The summed E-state index contributed by atoms with van der Waals surface area (Å²) in [7, 11) is 1.57.